The predicted molar refractivity (Wildman–Crippen MR) is 133 cm³/mol. The molecule has 0 aliphatic carbocycles. The number of ether oxygens (including phenoxy) is 3. The van der Waals surface area contributed by atoms with Crippen molar-refractivity contribution in [3.8, 4) is 17.2 Å². The minimum atomic E-state index is -4.00. The van der Waals surface area contributed by atoms with Gasteiger partial charge in [0.15, 0.2) is 11.5 Å². The lowest BCUT2D eigenvalue weighted by atomic mass is 10.1. The van der Waals surface area contributed by atoms with Gasteiger partial charge < -0.3 is 19.5 Å². The topological polar surface area (TPSA) is 103 Å². The number of fused-ring (bicyclic) bond motifs is 1. The molecule has 1 aliphatic heterocycles. The number of hydrogen-bond donors (Lipinski definition) is 2. The Balaban J connectivity index is 1.57. The van der Waals surface area contributed by atoms with Crippen LogP contribution in [-0.2, 0) is 21.2 Å². The second kappa shape index (κ2) is 10.8. The molecule has 3 aromatic rings. The molecule has 0 bridgehead atoms. The molecule has 0 saturated heterocycles. The van der Waals surface area contributed by atoms with Crippen molar-refractivity contribution in [2.24, 2.45) is 0 Å². The zero-order valence-electron chi connectivity index (χ0n) is 19.6. The number of carbonyl (C=O) groups excluding carboxylic acids is 1. The molecular weight excluding hydrogens is 468 g/mol. The molecule has 0 saturated carbocycles. The highest BCUT2D eigenvalue weighted by Crippen LogP contribution is 2.32. The van der Waals surface area contributed by atoms with Crippen molar-refractivity contribution in [3.05, 3.63) is 77.9 Å². The van der Waals surface area contributed by atoms with E-state index in [1.807, 2.05) is 37.3 Å². The average Bonchev–Trinajstić information content (AvgIpc) is 2.85. The van der Waals surface area contributed by atoms with Gasteiger partial charge in [-0.3, -0.25) is 4.79 Å². The first-order valence-corrected chi connectivity index (χ1v) is 12.8. The lowest BCUT2D eigenvalue weighted by Gasteiger charge is -2.21. The summed E-state index contributed by atoms with van der Waals surface area (Å²) in [5, 5.41) is 2.80. The van der Waals surface area contributed by atoms with Crippen LogP contribution in [0.2, 0.25) is 0 Å². The van der Waals surface area contributed by atoms with Crippen molar-refractivity contribution in [1.29, 1.82) is 0 Å². The van der Waals surface area contributed by atoms with E-state index < -0.39 is 22.0 Å². The highest BCUT2D eigenvalue weighted by molar-refractivity contribution is 7.89. The summed E-state index contributed by atoms with van der Waals surface area (Å²) >= 11 is 0. The molecule has 0 spiro atoms. The number of benzene rings is 3. The number of sulfonamides is 1. The van der Waals surface area contributed by atoms with Gasteiger partial charge in [-0.1, -0.05) is 30.3 Å². The van der Waals surface area contributed by atoms with Crippen LogP contribution in [0, 0.1) is 6.92 Å². The number of nitrogens with one attached hydrogen (secondary N) is 2. The molecular formula is C26H28N2O6S. The third-order valence-electron chi connectivity index (χ3n) is 5.46. The van der Waals surface area contributed by atoms with E-state index in [1.54, 1.807) is 31.2 Å². The van der Waals surface area contributed by atoms with E-state index >= 15 is 0 Å². The summed E-state index contributed by atoms with van der Waals surface area (Å²) < 4.78 is 45.7. The van der Waals surface area contributed by atoms with Gasteiger partial charge in [-0.05, 0) is 61.7 Å². The van der Waals surface area contributed by atoms with E-state index in [0.29, 0.717) is 48.3 Å². The molecule has 1 amide bonds. The Morgan fingerprint density at radius 3 is 2.46 bits per heavy atom. The SMILES string of the molecule is CCOc1ccc(S(=O)(=O)N[C@@H](Cc2ccccc2)C(=O)Nc2ccc3c(c2)OCCO3)cc1C. The Morgan fingerprint density at radius 1 is 1.00 bits per heavy atom. The number of aryl methyl sites for hydroxylation is 1. The molecule has 2 N–H and O–H groups in total. The minimum Gasteiger partial charge on any atom is -0.494 e. The van der Waals surface area contributed by atoms with Gasteiger partial charge in [0.2, 0.25) is 15.9 Å². The van der Waals surface area contributed by atoms with Crippen LogP contribution in [-0.4, -0.2) is 40.2 Å². The zero-order valence-corrected chi connectivity index (χ0v) is 20.4. The predicted octanol–water partition coefficient (Wildman–Crippen LogP) is 3.69. The average molecular weight is 497 g/mol. The van der Waals surface area contributed by atoms with Gasteiger partial charge in [0.25, 0.3) is 0 Å². The molecule has 1 heterocycles. The smallest absolute Gasteiger partial charge is 0.242 e. The molecule has 35 heavy (non-hydrogen) atoms. The summed E-state index contributed by atoms with van der Waals surface area (Å²) in [6, 6.07) is 17.9. The van der Waals surface area contributed by atoms with Crippen molar-refractivity contribution in [2.45, 2.75) is 31.2 Å². The highest BCUT2D eigenvalue weighted by Gasteiger charge is 2.27. The van der Waals surface area contributed by atoms with Gasteiger partial charge in [0.05, 0.1) is 11.5 Å². The molecule has 3 aromatic carbocycles. The van der Waals surface area contributed by atoms with Crippen LogP contribution in [0.4, 0.5) is 5.69 Å². The molecule has 0 aromatic heterocycles. The van der Waals surface area contributed by atoms with E-state index in [4.69, 9.17) is 14.2 Å². The third-order valence-corrected chi connectivity index (χ3v) is 6.93. The van der Waals surface area contributed by atoms with Crippen LogP contribution >= 0.6 is 0 Å². The number of amides is 1. The molecule has 0 fully saturated rings. The van der Waals surface area contributed by atoms with Crippen molar-refractivity contribution >= 4 is 21.6 Å². The second-order valence-corrected chi connectivity index (χ2v) is 9.79. The number of carbonyl (C=O) groups is 1. The summed E-state index contributed by atoms with van der Waals surface area (Å²) in [6.45, 7) is 5.00. The van der Waals surface area contributed by atoms with Crippen LogP contribution in [0.15, 0.2) is 71.6 Å². The van der Waals surface area contributed by atoms with Crippen molar-refractivity contribution in [1.82, 2.24) is 4.72 Å². The van der Waals surface area contributed by atoms with Gasteiger partial charge >= 0.3 is 0 Å². The molecule has 4 rings (SSSR count). The van der Waals surface area contributed by atoms with E-state index in [0.717, 1.165) is 5.56 Å². The summed E-state index contributed by atoms with van der Waals surface area (Å²) in [6.07, 6.45) is 0.173. The monoisotopic (exact) mass is 496 g/mol. The Morgan fingerprint density at radius 2 is 1.74 bits per heavy atom. The molecule has 184 valence electrons. The summed E-state index contributed by atoms with van der Waals surface area (Å²) in [7, 11) is -4.00. The minimum absolute atomic E-state index is 0.0589. The lowest BCUT2D eigenvalue weighted by Crippen LogP contribution is -2.45. The Hall–Kier alpha value is -3.56. The summed E-state index contributed by atoms with van der Waals surface area (Å²) in [4.78, 5) is 13.3. The fourth-order valence-electron chi connectivity index (χ4n) is 3.75. The zero-order chi connectivity index (χ0) is 24.8. The van der Waals surface area contributed by atoms with Crippen molar-refractivity contribution in [3.63, 3.8) is 0 Å². The summed E-state index contributed by atoms with van der Waals surface area (Å²) in [5.41, 5.74) is 1.99. The molecule has 0 radical (unpaired) electrons. The maximum Gasteiger partial charge on any atom is 0.242 e. The van der Waals surface area contributed by atoms with Crippen LogP contribution in [0.1, 0.15) is 18.1 Å². The van der Waals surface area contributed by atoms with Crippen LogP contribution in [0.5, 0.6) is 17.2 Å². The number of hydrogen-bond acceptors (Lipinski definition) is 6. The maximum atomic E-state index is 13.3. The van der Waals surface area contributed by atoms with Gasteiger partial charge in [-0.2, -0.15) is 4.72 Å². The van der Waals surface area contributed by atoms with Crippen molar-refractivity contribution in [2.75, 3.05) is 25.1 Å². The molecule has 1 aliphatic rings. The molecule has 9 heteroatoms. The first-order chi connectivity index (χ1) is 16.9. The number of rotatable bonds is 9. The fourth-order valence-corrected chi connectivity index (χ4v) is 5.03. The Bertz CT molecular complexity index is 1290. The lowest BCUT2D eigenvalue weighted by molar-refractivity contribution is -0.117. The van der Waals surface area contributed by atoms with E-state index in [1.165, 1.54) is 12.1 Å². The van der Waals surface area contributed by atoms with Gasteiger partial charge in [0.1, 0.15) is 25.0 Å². The molecule has 1 atom stereocenters. The van der Waals surface area contributed by atoms with E-state index in [-0.39, 0.29) is 11.3 Å². The van der Waals surface area contributed by atoms with Gasteiger partial charge in [-0.25, -0.2) is 8.42 Å². The Labute approximate surface area is 205 Å². The quantitative estimate of drug-likeness (QED) is 0.468. The Kier molecular flexibility index (Phi) is 7.57. The fraction of sp³-hybridized carbons (Fsp3) is 0.269. The van der Waals surface area contributed by atoms with Gasteiger partial charge in [-0.15, -0.1) is 0 Å². The van der Waals surface area contributed by atoms with Crippen molar-refractivity contribution < 1.29 is 27.4 Å². The van der Waals surface area contributed by atoms with Crippen LogP contribution in [0.25, 0.3) is 0 Å². The second-order valence-electron chi connectivity index (χ2n) is 8.07. The largest absolute Gasteiger partial charge is 0.494 e. The van der Waals surface area contributed by atoms with Crippen LogP contribution < -0.4 is 24.2 Å². The number of anilines is 1. The molecule has 0 unspecified atom stereocenters. The van der Waals surface area contributed by atoms with Gasteiger partial charge in [0, 0.05) is 11.8 Å². The summed E-state index contributed by atoms with van der Waals surface area (Å²) in [5.74, 6) is 1.25. The molecule has 8 nitrogen and oxygen atoms in total. The maximum absolute atomic E-state index is 13.3. The highest BCUT2D eigenvalue weighted by atomic mass is 32.2. The van der Waals surface area contributed by atoms with E-state index in [2.05, 4.69) is 10.0 Å². The third kappa shape index (κ3) is 6.12. The first kappa shape index (κ1) is 24.6. The first-order valence-electron chi connectivity index (χ1n) is 11.4. The van der Waals surface area contributed by atoms with Crippen LogP contribution in [0.3, 0.4) is 0 Å². The standard InChI is InChI=1S/C26H28N2O6S/c1-3-32-23-12-10-21(15-18(23)2)35(30,31)28-22(16-19-7-5-4-6-8-19)26(29)27-20-9-11-24-25(17-20)34-14-13-33-24/h4-12,15,17,22,28H,3,13-14,16H2,1-2H3,(H,27,29)/t22-/m0/s1. The normalized spacial score (nSPS) is 13.7. The van der Waals surface area contributed by atoms with E-state index in [9.17, 15) is 13.2 Å².